The van der Waals surface area contributed by atoms with E-state index in [9.17, 15) is 22.4 Å². The molecule has 4 aromatic rings. The number of carbonyl (C=O) groups is 1. The van der Waals surface area contributed by atoms with Crippen LogP contribution in [0.4, 0.5) is 17.6 Å². The second-order valence-corrected chi connectivity index (χ2v) is 7.22. The molecule has 1 amide bonds. The molecule has 2 aromatic carbocycles. The van der Waals surface area contributed by atoms with E-state index in [1.54, 1.807) is 30.5 Å². The van der Waals surface area contributed by atoms with Crippen LogP contribution in [-0.4, -0.2) is 15.9 Å². The second-order valence-electron chi connectivity index (χ2n) is 7.22. The van der Waals surface area contributed by atoms with Gasteiger partial charge in [-0.05, 0) is 60.2 Å². The van der Waals surface area contributed by atoms with Crippen LogP contribution in [0.3, 0.4) is 0 Å². The maximum absolute atomic E-state index is 13.9. The maximum Gasteiger partial charge on any atom is 0.416 e. The molecule has 2 aromatic heterocycles. The molecule has 172 valence electrons. The molecule has 0 atom stereocenters. The monoisotopic (exact) mass is 467 g/mol. The smallest absolute Gasteiger partial charge is 0.416 e. The molecule has 2 heterocycles. The van der Waals surface area contributed by atoms with E-state index in [1.165, 1.54) is 30.5 Å². The highest BCUT2D eigenvalue weighted by atomic mass is 19.4. The first-order valence-corrected chi connectivity index (χ1v) is 10.1. The highest BCUT2D eigenvalue weighted by Crippen LogP contribution is 2.35. The summed E-state index contributed by atoms with van der Waals surface area (Å²) < 4.78 is 58.1. The molecule has 0 radical (unpaired) electrons. The van der Waals surface area contributed by atoms with Gasteiger partial charge in [0.25, 0.3) is 5.91 Å². The minimum absolute atomic E-state index is 0.00614. The summed E-state index contributed by atoms with van der Waals surface area (Å²) in [6.45, 7) is 0.193. The quantitative estimate of drug-likeness (QED) is 0.352. The van der Waals surface area contributed by atoms with Crippen LogP contribution in [0.5, 0.6) is 11.6 Å². The van der Waals surface area contributed by atoms with Crippen molar-refractivity contribution < 1.29 is 27.1 Å². The Kier molecular flexibility index (Phi) is 6.53. The average Bonchev–Trinajstić information content (AvgIpc) is 2.83. The van der Waals surface area contributed by atoms with Crippen LogP contribution in [0, 0.1) is 5.82 Å². The molecule has 0 saturated heterocycles. The number of nitrogens with one attached hydrogen (secondary N) is 1. The van der Waals surface area contributed by atoms with Gasteiger partial charge in [0.15, 0.2) is 0 Å². The Labute approximate surface area is 192 Å². The van der Waals surface area contributed by atoms with Crippen molar-refractivity contribution in [3.05, 3.63) is 108 Å². The molecule has 4 rings (SSSR count). The number of rotatable bonds is 6. The first-order chi connectivity index (χ1) is 16.3. The van der Waals surface area contributed by atoms with Gasteiger partial charge in [0.05, 0.1) is 23.4 Å². The Morgan fingerprint density at radius 3 is 2.41 bits per heavy atom. The minimum Gasteiger partial charge on any atom is -0.438 e. The van der Waals surface area contributed by atoms with Crippen molar-refractivity contribution in [2.45, 2.75) is 12.7 Å². The zero-order valence-corrected chi connectivity index (χ0v) is 17.5. The van der Waals surface area contributed by atoms with Crippen LogP contribution < -0.4 is 10.1 Å². The average molecular weight is 467 g/mol. The summed E-state index contributed by atoms with van der Waals surface area (Å²) in [7, 11) is 0. The van der Waals surface area contributed by atoms with E-state index in [-0.39, 0.29) is 23.7 Å². The largest absolute Gasteiger partial charge is 0.438 e. The summed E-state index contributed by atoms with van der Waals surface area (Å²) in [6.07, 6.45) is -1.60. The third-order valence-corrected chi connectivity index (χ3v) is 4.80. The number of nitrogens with zero attached hydrogens (tertiary/aromatic N) is 2. The van der Waals surface area contributed by atoms with Crippen molar-refractivity contribution in [2.75, 3.05) is 0 Å². The number of benzene rings is 2. The summed E-state index contributed by atoms with van der Waals surface area (Å²) in [5, 5.41) is 2.73. The zero-order valence-electron chi connectivity index (χ0n) is 17.5. The standard InChI is InChI=1S/C25H17F4N3O2/c26-19-5-3-4-16(12-19)22-13-17(23(33)31-15-20-6-1-2-11-30-20)14-32-24(22)34-21-9-7-18(8-10-21)25(27,28)29/h1-14H,15H2,(H,31,33). The molecule has 1 N–H and O–H groups in total. The van der Waals surface area contributed by atoms with Crippen molar-refractivity contribution in [1.29, 1.82) is 0 Å². The van der Waals surface area contributed by atoms with Gasteiger partial charge in [0.1, 0.15) is 11.6 Å². The van der Waals surface area contributed by atoms with Crippen molar-refractivity contribution >= 4 is 5.91 Å². The molecule has 0 bridgehead atoms. The van der Waals surface area contributed by atoms with Gasteiger partial charge in [0, 0.05) is 18.0 Å². The van der Waals surface area contributed by atoms with Gasteiger partial charge in [0.2, 0.25) is 5.88 Å². The number of halogens is 4. The van der Waals surface area contributed by atoms with Crippen LogP contribution in [0.25, 0.3) is 11.1 Å². The Morgan fingerprint density at radius 1 is 0.941 bits per heavy atom. The fraction of sp³-hybridized carbons (Fsp3) is 0.0800. The predicted octanol–water partition coefficient (Wildman–Crippen LogP) is 6.02. The van der Waals surface area contributed by atoms with Crippen LogP contribution in [-0.2, 0) is 12.7 Å². The van der Waals surface area contributed by atoms with E-state index in [0.29, 0.717) is 16.8 Å². The Morgan fingerprint density at radius 2 is 1.74 bits per heavy atom. The third-order valence-electron chi connectivity index (χ3n) is 4.80. The first kappa shape index (κ1) is 22.9. The molecule has 5 nitrogen and oxygen atoms in total. The van der Waals surface area contributed by atoms with Crippen LogP contribution in [0.2, 0.25) is 0 Å². The van der Waals surface area contributed by atoms with Crippen molar-refractivity contribution in [3.8, 4) is 22.8 Å². The molecule has 34 heavy (non-hydrogen) atoms. The predicted molar refractivity (Wildman–Crippen MR) is 117 cm³/mol. The van der Waals surface area contributed by atoms with Gasteiger partial charge in [-0.3, -0.25) is 9.78 Å². The van der Waals surface area contributed by atoms with Gasteiger partial charge < -0.3 is 10.1 Å². The van der Waals surface area contributed by atoms with E-state index in [1.807, 2.05) is 0 Å². The summed E-state index contributed by atoms with van der Waals surface area (Å²) in [5.74, 6) is -0.836. The van der Waals surface area contributed by atoms with E-state index in [4.69, 9.17) is 4.74 Å². The van der Waals surface area contributed by atoms with Crippen molar-refractivity contribution in [3.63, 3.8) is 0 Å². The fourth-order valence-corrected chi connectivity index (χ4v) is 3.12. The number of amides is 1. The lowest BCUT2D eigenvalue weighted by Gasteiger charge is -2.13. The summed E-state index contributed by atoms with van der Waals surface area (Å²) in [4.78, 5) is 21.0. The molecule has 0 saturated carbocycles. The highest BCUT2D eigenvalue weighted by Gasteiger charge is 2.30. The summed E-state index contributed by atoms with van der Waals surface area (Å²) in [5.41, 5.74) is 0.711. The van der Waals surface area contributed by atoms with Gasteiger partial charge in [-0.15, -0.1) is 0 Å². The molecule has 9 heteroatoms. The number of carbonyl (C=O) groups excluding carboxylic acids is 1. The highest BCUT2D eigenvalue weighted by molar-refractivity contribution is 5.95. The topological polar surface area (TPSA) is 64.1 Å². The number of hydrogen-bond acceptors (Lipinski definition) is 4. The molecule has 0 aliphatic rings. The van der Waals surface area contributed by atoms with E-state index >= 15 is 0 Å². The molecule has 0 unspecified atom stereocenters. The summed E-state index contributed by atoms with van der Waals surface area (Å²) in [6, 6.07) is 16.5. The number of aromatic nitrogens is 2. The molecule has 0 aliphatic carbocycles. The fourth-order valence-electron chi connectivity index (χ4n) is 3.12. The third kappa shape index (κ3) is 5.55. The molecular weight excluding hydrogens is 450 g/mol. The zero-order chi connectivity index (χ0) is 24.1. The maximum atomic E-state index is 13.9. The Bertz CT molecular complexity index is 1290. The van der Waals surface area contributed by atoms with Crippen LogP contribution in [0.1, 0.15) is 21.6 Å². The van der Waals surface area contributed by atoms with Gasteiger partial charge in [-0.2, -0.15) is 13.2 Å². The molecular formula is C25H17F4N3O2. The lowest BCUT2D eigenvalue weighted by molar-refractivity contribution is -0.137. The lowest BCUT2D eigenvalue weighted by atomic mass is 10.0. The number of hydrogen-bond donors (Lipinski definition) is 1. The molecule has 0 spiro atoms. The number of pyridine rings is 2. The van der Waals surface area contributed by atoms with Crippen LogP contribution >= 0.6 is 0 Å². The van der Waals surface area contributed by atoms with Gasteiger partial charge in [-0.25, -0.2) is 9.37 Å². The minimum atomic E-state index is -4.48. The SMILES string of the molecule is O=C(NCc1ccccn1)c1cnc(Oc2ccc(C(F)(F)F)cc2)c(-c2cccc(F)c2)c1. The molecule has 0 fully saturated rings. The first-order valence-electron chi connectivity index (χ1n) is 10.1. The van der Waals surface area contributed by atoms with Crippen molar-refractivity contribution in [1.82, 2.24) is 15.3 Å². The van der Waals surface area contributed by atoms with Gasteiger partial charge >= 0.3 is 6.18 Å². The number of ether oxygens (including phenoxy) is 1. The summed E-state index contributed by atoms with van der Waals surface area (Å²) >= 11 is 0. The Balaban J connectivity index is 1.63. The number of alkyl halides is 3. The van der Waals surface area contributed by atoms with E-state index in [2.05, 4.69) is 15.3 Å². The Hall–Kier alpha value is -4.27. The van der Waals surface area contributed by atoms with E-state index in [0.717, 1.165) is 24.3 Å². The van der Waals surface area contributed by atoms with Gasteiger partial charge in [-0.1, -0.05) is 18.2 Å². The van der Waals surface area contributed by atoms with Crippen LogP contribution in [0.15, 0.2) is 85.2 Å². The lowest BCUT2D eigenvalue weighted by Crippen LogP contribution is -2.23. The van der Waals surface area contributed by atoms with Crippen molar-refractivity contribution in [2.24, 2.45) is 0 Å². The van der Waals surface area contributed by atoms with E-state index < -0.39 is 23.5 Å². The second kappa shape index (κ2) is 9.70. The normalized spacial score (nSPS) is 11.2. The molecule has 0 aliphatic heterocycles.